The van der Waals surface area contributed by atoms with Gasteiger partial charge in [0.25, 0.3) is 0 Å². The number of fused-ring (bicyclic) bond motifs is 1. The van der Waals surface area contributed by atoms with E-state index >= 15 is 0 Å². The van der Waals surface area contributed by atoms with Gasteiger partial charge >= 0.3 is 0 Å². The molecule has 152 valence electrons. The number of halogens is 3. The lowest BCUT2D eigenvalue weighted by atomic mass is 10.0. The Morgan fingerprint density at radius 1 is 1.07 bits per heavy atom. The monoisotopic (exact) mass is 422 g/mol. The minimum atomic E-state index is -0.654. The predicted molar refractivity (Wildman–Crippen MR) is 120 cm³/mol. The predicted octanol–water partition coefficient (Wildman–Crippen LogP) is 7.33. The molecule has 30 heavy (non-hydrogen) atoms. The van der Waals surface area contributed by atoms with Crippen LogP contribution in [-0.4, -0.2) is 9.55 Å². The Morgan fingerprint density at radius 3 is 2.50 bits per heavy atom. The van der Waals surface area contributed by atoms with Crippen molar-refractivity contribution in [1.82, 2.24) is 9.55 Å². The molecular weight excluding hydrogens is 402 g/mol. The van der Waals surface area contributed by atoms with Gasteiger partial charge in [-0.1, -0.05) is 35.9 Å². The summed E-state index contributed by atoms with van der Waals surface area (Å²) in [5.74, 6) is -0.850. The smallest absolute Gasteiger partial charge is 0.144 e. The summed E-state index contributed by atoms with van der Waals surface area (Å²) in [5.41, 5.74) is 6.74. The third kappa shape index (κ3) is 3.63. The van der Waals surface area contributed by atoms with Crippen LogP contribution in [0, 0.1) is 25.5 Å². The van der Waals surface area contributed by atoms with Gasteiger partial charge < -0.3 is 4.57 Å². The Balaban J connectivity index is 1.97. The SMILES string of the molecule is C=C(C)c1ccc2c(c1)nc(-c1ccc(F)cc1F)n2Cc1c(C)cc(C)cc1Cl. The Hall–Kier alpha value is -2.98. The first kappa shape index (κ1) is 20.3. The number of imidazole rings is 1. The van der Waals surface area contributed by atoms with Crippen molar-refractivity contribution in [3.05, 3.63) is 94.0 Å². The maximum Gasteiger partial charge on any atom is 0.144 e. The highest BCUT2D eigenvalue weighted by Gasteiger charge is 2.19. The van der Waals surface area contributed by atoms with E-state index in [-0.39, 0.29) is 5.56 Å². The molecule has 0 aliphatic carbocycles. The largest absolute Gasteiger partial charge is 0.319 e. The van der Waals surface area contributed by atoms with Crippen LogP contribution in [0.1, 0.15) is 29.2 Å². The van der Waals surface area contributed by atoms with E-state index in [1.807, 2.05) is 49.6 Å². The molecule has 0 radical (unpaired) electrons. The molecule has 0 saturated heterocycles. The highest BCUT2D eigenvalue weighted by molar-refractivity contribution is 6.31. The van der Waals surface area contributed by atoms with Crippen LogP contribution in [0.25, 0.3) is 28.0 Å². The molecule has 0 aliphatic rings. The average molecular weight is 423 g/mol. The number of hydrogen-bond donors (Lipinski definition) is 0. The molecular formula is C25H21ClF2N2. The summed E-state index contributed by atoms with van der Waals surface area (Å²) < 4.78 is 30.1. The topological polar surface area (TPSA) is 17.8 Å². The van der Waals surface area contributed by atoms with Crippen molar-refractivity contribution in [1.29, 1.82) is 0 Å². The Morgan fingerprint density at radius 2 is 1.83 bits per heavy atom. The lowest BCUT2D eigenvalue weighted by Gasteiger charge is -2.14. The first-order chi connectivity index (χ1) is 14.2. The summed E-state index contributed by atoms with van der Waals surface area (Å²) in [4.78, 5) is 4.71. The van der Waals surface area contributed by atoms with E-state index in [2.05, 4.69) is 12.6 Å². The molecule has 5 heteroatoms. The zero-order valence-electron chi connectivity index (χ0n) is 17.1. The van der Waals surface area contributed by atoms with Crippen molar-refractivity contribution in [2.75, 3.05) is 0 Å². The van der Waals surface area contributed by atoms with Crippen molar-refractivity contribution in [2.24, 2.45) is 0 Å². The normalized spacial score (nSPS) is 11.3. The molecule has 0 bridgehead atoms. The summed E-state index contributed by atoms with van der Waals surface area (Å²) in [7, 11) is 0. The second-order valence-electron chi connectivity index (χ2n) is 7.67. The highest BCUT2D eigenvalue weighted by Crippen LogP contribution is 2.32. The third-order valence-electron chi connectivity index (χ3n) is 5.29. The van der Waals surface area contributed by atoms with Crippen LogP contribution in [-0.2, 0) is 6.54 Å². The number of aryl methyl sites for hydroxylation is 2. The van der Waals surface area contributed by atoms with Gasteiger partial charge in [-0.05, 0) is 73.4 Å². The molecule has 0 unspecified atom stereocenters. The fourth-order valence-corrected chi connectivity index (χ4v) is 4.12. The number of hydrogen-bond acceptors (Lipinski definition) is 1. The molecule has 1 heterocycles. The lowest BCUT2D eigenvalue weighted by Crippen LogP contribution is -2.06. The molecule has 0 aliphatic heterocycles. The van der Waals surface area contributed by atoms with Gasteiger partial charge in [0.2, 0.25) is 0 Å². The molecule has 0 atom stereocenters. The first-order valence-corrected chi connectivity index (χ1v) is 9.99. The van der Waals surface area contributed by atoms with Crippen molar-refractivity contribution in [3.8, 4) is 11.4 Å². The number of aromatic nitrogens is 2. The fraction of sp³-hybridized carbons (Fsp3) is 0.160. The standard InChI is InChI=1S/C25H21ClF2N2/c1-14(2)17-5-8-24-23(11-17)29-25(19-7-6-18(27)12-22(19)28)30(24)13-20-16(4)9-15(3)10-21(20)26/h5-12H,1,13H2,2-4H3. The van der Waals surface area contributed by atoms with Gasteiger partial charge in [0, 0.05) is 11.1 Å². The molecule has 0 N–H and O–H groups in total. The second kappa shape index (κ2) is 7.69. The van der Waals surface area contributed by atoms with Crippen LogP contribution < -0.4 is 0 Å². The number of allylic oxidation sites excluding steroid dienone is 1. The summed E-state index contributed by atoms with van der Waals surface area (Å²) in [6.07, 6.45) is 0. The maximum atomic E-state index is 14.7. The molecule has 2 nitrogen and oxygen atoms in total. The van der Waals surface area contributed by atoms with Crippen molar-refractivity contribution >= 4 is 28.2 Å². The summed E-state index contributed by atoms with van der Waals surface area (Å²) in [6.45, 7) is 10.3. The van der Waals surface area contributed by atoms with Gasteiger partial charge in [0.1, 0.15) is 17.5 Å². The van der Waals surface area contributed by atoms with E-state index in [1.54, 1.807) is 0 Å². The van der Waals surface area contributed by atoms with E-state index in [0.717, 1.165) is 44.9 Å². The maximum absolute atomic E-state index is 14.7. The van der Waals surface area contributed by atoms with Crippen LogP contribution in [0.15, 0.2) is 55.1 Å². The van der Waals surface area contributed by atoms with E-state index in [9.17, 15) is 8.78 Å². The molecule has 4 rings (SSSR count). The minimum absolute atomic E-state index is 0.241. The van der Waals surface area contributed by atoms with Gasteiger partial charge in [-0.3, -0.25) is 0 Å². The van der Waals surface area contributed by atoms with Crippen LogP contribution in [0.2, 0.25) is 5.02 Å². The molecule has 0 amide bonds. The Kier molecular flexibility index (Phi) is 5.20. The highest BCUT2D eigenvalue weighted by atomic mass is 35.5. The Labute approximate surface area is 179 Å². The zero-order chi connectivity index (χ0) is 21.6. The minimum Gasteiger partial charge on any atom is -0.319 e. The molecule has 1 aromatic heterocycles. The number of nitrogens with zero attached hydrogens (tertiary/aromatic N) is 2. The van der Waals surface area contributed by atoms with Crippen molar-refractivity contribution < 1.29 is 8.78 Å². The Bertz CT molecular complexity index is 1280. The van der Waals surface area contributed by atoms with Gasteiger partial charge in [-0.15, -0.1) is 0 Å². The van der Waals surface area contributed by atoms with Crippen molar-refractivity contribution in [2.45, 2.75) is 27.3 Å². The summed E-state index contributed by atoms with van der Waals surface area (Å²) in [6, 6.07) is 13.4. The fourth-order valence-electron chi connectivity index (χ4n) is 3.74. The summed E-state index contributed by atoms with van der Waals surface area (Å²) in [5, 5.41) is 0.651. The van der Waals surface area contributed by atoms with Gasteiger partial charge in [0.15, 0.2) is 0 Å². The van der Waals surface area contributed by atoms with Gasteiger partial charge in [-0.2, -0.15) is 0 Å². The van der Waals surface area contributed by atoms with E-state index < -0.39 is 11.6 Å². The van der Waals surface area contributed by atoms with Crippen LogP contribution in [0.3, 0.4) is 0 Å². The second-order valence-corrected chi connectivity index (χ2v) is 8.08. The van der Waals surface area contributed by atoms with Crippen molar-refractivity contribution in [3.63, 3.8) is 0 Å². The van der Waals surface area contributed by atoms with Gasteiger partial charge in [-0.25, -0.2) is 13.8 Å². The number of benzene rings is 3. The van der Waals surface area contributed by atoms with Crippen LogP contribution >= 0.6 is 11.6 Å². The third-order valence-corrected chi connectivity index (χ3v) is 5.63. The lowest BCUT2D eigenvalue weighted by molar-refractivity contribution is 0.584. The van der Waals surface area contributed by atoms with E-state index in [4.69, 9.17) is 16.6 Å². The molecule has 0 saturated carbocycles. The quantitative estimate of drug-likeness (QED) is 0.336. The van der Waals surface area contributed by atoms with E-state index in [0.29, 0.717) is 17.4 Å². The van der Waals surface area contributed by atoms with Gasteiger partial charge in [0.05, 0.1) is 23.1 Å². The summed E-state index contributed by atoms with van der Waals surface area (Å²) >= 11 is 6.55. The first-order valence-electron chi connectivity index (χ1n) is 9.62. The molecule has 3 aromatic carbocycles. The average Bonchev–Trinajstić information content (AvgIpc) is 3.01. The molecule has 0 fully saturated rings. The zero-order valence-corrected chi connectivity index (χ0v) is 17.8. The number of rotatable bonds is 4. The van der Waals surface area contributed by atoms with Crippen LogP contribution in [0.4, 0.5) is 8.78 Å². The van der Waals surface area contributed by atoms with E-state index in [1.165, 1.54) is 12.1 Å². The molecule has 0 spiro atoms. The molecule has 4 aromatic rings. The van der Waals surface area contributed by atoms with Crippen LogP contribution in [0.5, 0.6) is 0 Å².